The van der Waals surface area contributed by atoms with E-state index >= 15 is 0 Å². The molecule has 1 atom stereocenters. The molecule has 2 rings (SSSR count). The summed E-state index contributed by atoms with van der Waals surface area (Å²) >= 11 is 0. The average molecular weight is 242 g/mol. The van der Waals surface area contributed by atoms with Crippen molar-refractivity contribution in [3.63, 3.8) is 0 Å². The molecule has 0 heterocycles. The molecule has 0 bridgehead atoms. The van der Waals surface area contributed by atoms with Crippen molar-refractivity contribution in [2.24, 2.45) is 5.84 Å². The molecule has 18 heavy (non-hydrogen) atoms. The highest BCUT2D eigenvalue weighted by atomic mass is 16.5. The van der Waals surface area contributed by atoms with Crippen LogP contribution in [0.5, 0.6) is 5.75 Å². The standard InChI is InChI=1S/C15H18N2O/c1-11-6-3-4-9-14(11)15(17-16)12-7-5-8-13(10-12)18-2/h3-10,15,17H,16H2,1-2H3. The Morgan fingerprint density at radius 2 is 1.89 bits per heavy atom. The molecule has 0 amide bonds. The third-order valence-electron chi connectivity index (χ3n) is 3.09. The van der Waals surface area contributed by atoms with Crippen molar-refractivity contribution < 1.29 is 4.74 Å². The molecule has 2 aromatic carbocycles. The Balaban J connectivity index is 2.42. The van der Waals surface area contributed by atoms with Gasteiger partial charge in [-0.3, -0.25) is 5.84 Å². The number of benzene rings is 2. The van der Waals surface area contributed by atoms with Crippen LogP contribution in [0, 0.1) is 6.92 Å². The van der Waals surface area contributed by atoms with E-state index in [4.69, 9.17) is 10.6 Å². The Morgan fingerprint density at radius 1 is 1.11 bits per heavy atom. The number of hydrogen-bond acceptors (Lipinski definition) is 3. The summed E-state index contributed by atoms with van der Waals surface area (Å²) in [5.41, 5.74) is 6.35. The van der Waals surface area contributed by atoms with E-state index in [1.807, 2.05) is 36.4 Å². The van der Waals surface area contributed by atoms with Crippen LogP contribution in [0.15, 0.2) is 48.5 Å². The van der Waals surface area contributed by atoms with Crippen LogP contribution in [-0.2, 0) is 0 Å². The van der Waals surface area contributed by atoms with Gasteiger partial charge in [-0.2, -0.15) is 0 Å². The molecule has 0 aliphatic carbocycles. The summed E-state index contributed by atoms with van der Waals surface area (Å²) in [5.74, 6) is 6.54. The second-order valence-electron chi connectivity index (χ2n) is 4.23. The van der Waals surface area contributed by atoms with Gasteiger partial charge in [0, 0.05) is 0 Å². The predicted molar refractivity (Wildman–Crippen MR) is 73.3 cm³/mol. The van der Waals surface area contributed by atoms with Crippen LogP contribution in [0.3, 0.4) is 0 Å². The van der Waals surface area contributed by atoms with Crippen LogP contribution in [0.1, 0.15) is 22.7 Å². The SMILES string of the molecule is COc1cccc(C(NN)c2ccccc2C)c1. The van der Waals surface area contributed by atoms with Gasteiger partial charge in [0.15, 0.2) is 0 Å². The summed E-state index contributed by atoms with van der Waals surface area (Å²) in [4.78, 5) is 0. The molecule has 94 valence electrons. The van der Waals surface area contributed by atoms with Crippen LogP contribution >= 0.6 is 0 Å². The zero-order chi connectivity index (χ0) is 13.0. The van der Waals surface area contributed by atoms with E-state index in [0.29, 0.717) is 0 Å². The van der Waals surface area contributed by atoms with Crippen molar-refractivity contribution in [1.82, 2.24) is 5.43 Å². The molecule has 1 unspecified atom stereocenters. The Kier molecular flexibility index (Phi) is 3.97. The molecular weight excluding hydrogens is 224 g/mol. The van der Waals surface area contributed by atoms with Gasteiger partial charge in [0.2, 0.25) is 0 Å². The quantitative estimate of drug-likeness (QED) is 0.640. The topological polar surface area (TPSA) is 47.3 Å². The molecule has 3 N–H and O–H groups in total. The number of rotatable bonds is 4. The first-order valence-corrected chi connectivity index (χ1v) is 5.92. The Labute approximate surface area is 108 Å². The fourth-order valence-electron chi connectivity index (χ4n) is 2.10. The predicted octanol–water partition coefficient (Wildman–Crippen LogP) is 2.56. The van der Waals surface area contributed by atoms with E-state index in [2.05, 4.69) is 24.5 Å². The van der Waals surface area contributed by atoms with Gasteiger partial charge >= 0.3 is 0 Å². The summed E-state index contributed by atoms with van der Waals surface area (Å²) in [5, 5.41) is 0. The molecule has 0 saturated carbocycles. The van der Waals surface area contributed by atoms with Crippen molar-refractivity contribution in [2.75, 3.05) is 7.11 Å². The van der Waals surface area contributed by atoms with Gasteiger partial charge in [0.05, 0.1) is 13.2 Å². The second kappa shape index (κ2) is 5.67. The highest BCUT2D eigenvalue weighted by Gasteiger charge is 2.14. The van der Waals surface area contributed by atoms with Gasteiger partial charge in [-0.05, 0) is 35.7 Å². The zero-order valence-corrected chi connectivity index (χ0v) is 10.7. The highest BCUT2D eigenvalue weighted by molar-refractivity contribution is 5.39. The highest BCUT2D eigenvalue weighted by Crippen LogP contribution is 2.26. The molecule has 0 fully saturated rings. The molecule has 3 heteroatoms. The molecule has 0 aliphatic rings. The van der Waals surface area contributed by atoms with Crippen molar-refractivity contribution in [3.8, 4) is 5.75 Å². The van der Waals surface area contributed by atoms with E-state index in [1.54, 1.807) is 7.11 Å². The second-order valence-corrected chi connectivity index (χ2v) is 4.23. The smallest absolute Gasteiger partial charge is 0.119 e. The first-order valence-electron chi connectivity index (χ1n) is 5.92. The van der Waals surface area contributed by atoms with E-state index in [0.717, 1.165) is 11.3 Å². The van der Waals surface area contributed by atoms with Gasteiger partial charge in [-0.15, -0.1) is 0 Å². The monoisotopic (exact) mass is 242 g/mol. The molecular formula is C15H18N2O. The average Bonchev–Trinajstić information content (AvgIpc) is 2.42. The first-order chi connectivity index (χ1) is 8.76. The number of nitrogens with two attached hydrogens (primary N) is 1. The zero-order valence-electron chi connectivity index (χ0n) is 10.7. The fourth-order valence-corrected chi connectivity index (χ4v) is 2.10. The lowest BCUT2D eigenvalue weighted by Gasteiger charge is -2.19. The number of nitrogens with one attached hydrogen (secondary N) is 1. The van der Waals surface area contributed by atoms with Gasteiger partial charge in [0.1, 0.15) is 5.75 Å². The Morgan fingerprint density at radius 3 is 2.56 bits per heavy atom. The number of hydrazine groups is 1. The van der Waals surface area contributed by atoms with Crippen molar-refractivity contribution in [2.45, 2.75) is 13.0 Å². The van der Waals surface area contributed by atoms with Gasteiger partial charge in [-0.25, -0.2) is 5.43 Å². The lowest BCUT2D eigenvalue weighted by atomic mass is 9.95. The van der Waals surface area contributed by atoms with Crippen molar-refractivity contribution >= 4 is 0 Å². The van der Waals surface area contributed by atoms with Crippen molar-refractivity contribution in [3.05, 3.63) is 65.2 Å². The van der Waals surface area contributed by atoms with Crippen LogP contribution < -0.4 is 16.0 Å². The number of methoxy groups -OCH3 is 1. The minimum atomic E-state index is -0.0266. The van der Waals surface area contributed by atoms with Gasteiger partial charge < -0.3 is 4.74 Å². The first kappa shape index (κ1) is 12.6. The van der Waals surface area contributed by atoms with Crippen LogP contribution in [0.4, 0.5) is 0 Å². The molecule has 0 aromatic heterocycles. The molecule has 3 nitrogen and oxygen atoms in total. The largest absolute Gasteiger partial charge is 0.497 e. The summed E-state index contributed by atoms with van der Waals surface area (Å²) in [6, 6.07) is 16.1. The van der Waals surface area contributed by atoms with Crippen LogP contribution in [0.25, 0.3) is 0 Å². The van der Waals surface area contributed by atoms with E-state index in [9.17, 15) is 0 Å². The molecule has 0 aliphatic heterocycles. The number of aryl methyl sites for hydroxylation is 1. The minimum Gasteiger partial charge on any atom is -0.497 e. The number of ether oxygens (including phenoxy) is 1. The van der Waals surface area contributed by atoms with E-state index in [-0.39, 0.29) is 6.04 Å². The summed E-state index contributed by atoms with van der Waals surface area (Å²) < 4.78 is 5.25. The third-order valence-corrected chi connectivity index (χ3v) is 3.09. The Bertz CT molecular complexity index is 525. The lowest BCUT2D eigenvalue weighted by Crippen LogP contribution is -2.29. The Hall–Kier alpha value is -1.84. The van der Waals surface area contributed by atoms with Crippen LogP contribution in [0.2, 0.25) is 0 Å². The maximum absolute atomic E-state index is 5.71. The lowest BCUT2D eigenvalue weighted by molar-refractivity contribution is 0.413. The third kappa shape index (κ3) is 2.53. The van der Waals surface area contributed by atoms with Gasteiger partial charge in [0.25, 0.3) is 0 Å². The fraction of sp³-hybridized carbons (Fsp3) is 0.200. The molecule has 2 aromatic rings. The van der Waals surface area contributed by atoms with Crippen molar-refractivity contribution in [1.29, 1.82) is 0 Å². The maximum atomic E-state index is 5.71. The molecule has 0 saturated heterocycles. The van der Waals surface area contributed by atoms with Gasteiger partial charge in [-0.1, -0.05) is 36.4 Å². The maximum Gasteiger partial charge on any atom is 0.119 e. The normalized spacial score (nSPS) is 12.2. The molecule has 0 radical (unpaired) electrons. The van der Waals surface area contributed by atoms with Crippen LogP contribution in [-0.4, -0.2) is 7.11 Å². The minimum absolute atomic E-state index is 0.0266. The number of hydrogen-bond donors (Lipinski definition) is 2. The summed E-state index contributed by atoms with van der Waals surface area (Å²) in [6.45, 7) is 2.08. The molecule has 0 spiro atoms. The van der Waals surface area contributed by atoms with E-state index in [1.165, 1.54) is 11.1 Å². The summed E-state index contributed by atoms with van der Waals surface area (Å²) in [6.07, 6.45) is 0. The summed E-state index contributed by atoms with van der Waals surface area (Å²) in [7, 11) is 1.66. The van der Waals surface area contributed by atoms with E-state index < -0.39 is 0 Å².